The van der Waals surface area contributed by atoms with E-state index in [0.717, 1.165) is 13.0 Å². The molecule has 0 spiro atoms. The first-order valence-corrected chi connectivity index (χ1v) is 4.38. The molecule has 65 valence electrons. The molecule has 0 aromatic carbocycles. The van der Waals surface area contributed by atoms with Crippen LogP contribution in [-0.4, -0.2) is 12.5 Å². The zero-order valence-corrected chi connectivity index (χ0v) is 7.52. The van der Waals surface area contributed by atoms with Gasteiger partial charge in [-0.2, -0.15) is 0 Å². The molecule has 0 bridgehead atoms. The second-order valence-electron chi connectivity index (χ2n) is 2.64. The smallest absolute Gasteiger partial charge is 0.223 e. The summed E-state index contributed by atoms with van der Waals surface area (Å²) in [6.07, 6.45) is 6.40. The molecule has 11 heavy (non-hydrogen) atoms. The summed E-state index contributed by atoms with van der Waals surface area (Å²) in [6.45, 7) is 4.75. The molecule has 0 aromatic heterocycles. The van der Waals surface area contributed by atoms with Gasteiger partial charge >= 0.3 is 0 Å². The number of hydrogen-bond acceptors (Lipinski definition) is 1. The summed E-state index contributed by atoms with van der Waals surface area (Å²) >= 11 is 0. The van der Waals surface area contributed by atoms with E-state index in [1.54, 1.807) is 13.3 Å². The molecule has 0 heterocycles. The van der Waals surface area contributed by atoms with E-state index in [2.05, 4.69) is 12.2 Å². The van der Waals surface area contributed by atoms with Crippen LogP contribution in [0.4, 0.5) is 0 Å². The molecule has 0 saturated heterocycles. The zero-order valence-electron chi connectivity index (χ0n) is 7.52. The van der Waals surface area contributed by atoms with Crippen molar-refractivity contribution in [1.82, 2.24) is 5.32 Å². The monoisotopic (exact) mass is 156 g/mol. The molecule has 2 nitrogen and oxygen atoms in total. The van der Waals surface area contributed by atoms with Gasteiger partial charge in [0.25, 0.3) is 0 Å². The summed E-state index contributed by atoms with van der Waals surface area (Å²) in [5.41, 5.74) is 0. The first-order valence-electron chi connectivity index (χ1n) is 4.38. The minimum Gasteiger partial charge on any atom is -0.356 e. The number of hydrogen-bond donors (Lipinski definition) is 1. The number of rotatable bonds is 6. The largest absolute Gasteiger partial charge is 0.356 e. The van der Waals surface area contributed by atoms with Gasteiger partial charge in [-0.15, -0.1) is 0 Å². The summed E-state index contributed by atoms with van der Waals surface area (Å²) in [6, 6.07) is 0. The summed E-state index contributed by atoms with van der Waals surface area (Å²) in [5, 5.41) is 2.80. The standard InChI is InChI=1S/C9H18NO/c1-3-5-6-7-8-10-9(11)4-2/h4H,3,5-8H2,1-2H3,(H,10,11). The quantitative estimate of drug-likeness (QED) is 0.585. The van der Waals surface area contributed by atoms with Crippen LogP contribution in [0.3, 0.4) is 0 Å². The number of carbonyl (C=O) groups is 1. The van der Waals surface area contributed by atoms with Gasteiger partial charge in [-0.05, 0) is 6.42 Å². The van der Waals surface area contributed by atoms with Crippen molar-refractivity contribution in [3.8, 4) is 0 Å². The van der Waals surface area contributed by atoms with Crippen molar-refractivity contribution in [2.45, 2.75) is 39.5 Å². The van der Waals surface area contributed by atoms with E-state index >= 15 is 0 Å². The van der Waals surface area contributed by atoms with Gasteiger partial charge in [-0.1, -0.05) is 33.1 Å². The first kappa shape index (κ1) is 10.5. The molecule has 1 amide bonds. The summed E-state index contributed by atoms with van der Waals surface area (Å²) in [4.78, 5) is 10.7. The number of unbranched alkanes of at least 4 members (excludes halogenated alkanes) is 3. The van der Waals surface area contributed by atoms with Crippen LogP contribution in [0.2, 0.25) is 0 Å². The lowest BCUT2D eigenvalue weighted by molar-refractivity contribution is -0.117. The van der Waals surface area contributed by atoms with Gasteiger partial charge in [0.15, 0.2) is 0 Å². The second kappa shape index (κ2) is 7.58. The van der Waals surface area contributed by atoms with E-state index in [1.165, 1.54) is 19.3 Å². The van der Waals surface area contributed by atoms with Gasteiger partial charge < -0.3 is 5.32 Å². The van der Waals surface area contributed by atoms with Crippen LogP contribution in [-0.2, 0) is 4.79 Å². The van der Waals surface area contributed by atoms with Crippen molar-refractivity contribution < 1.29 is 4.79 Å². The molecule has 1 N–H and O–H groups in total. The van der Waals surface area contributed by atoms with Gasteiger partial charge in [-0.25, -0.2) is 0 Å². The second-order valence-corrected chi connectivity index (χ2v) is 2.64. The lowest BCUT2D eigenvalue weighted by Crippen LogP contribution is -2.23. The third-order valence-electron chi connectivity index (χ3n) is 1.59. The summed E-state index contributed by atoms with van der Waals surface area (Å²) in [7, 11) is 0. The molecule has 0 aliphatic rings. The van der Waals surface area contributed by atoms with Crippen molar-refractivity contribution in [2.24, 2.45) is 0 Å². The van der Waals surface area contributed by atoms with E-state index in [4.69, 9.17) is 0 Å². The van der Waals surface area contributed by atoms with Crippen LogP contribution in [0.5, 0.6) is 0 Å². The Morgan fingerprint density at radius 3 is 2.64 bits per heavy atom. The highest BCUT2D eigenvalue weighted by Crippen LogP contribution is 1.96. The third kappa shape index (κ3) is 7.37. The van der Waals surface area contributed by atoms with Crippen LogP contribution in [0, 0.1) is 6.42 Å². The average molecular weight is 156 g/mol. The first-order chi connectivity index (χ1) is 5.31. The highest BCUT2D eigenvalue weighted by Gasteiger charge is 1.94. The SMILES string of the molecule is C[CH]C(=O)NCCCCCC. The maximum Gasteiger partial charge on any atom is 0.223 e. The lowest BCUT2D eigenvalue weighted by Gasteiger charge is -2.01. The molecule has 2 heteroatoms. The summed E-state index contributed by atoms with van der Waals surface area (Å²) < 4.78 is 0. The molecule has 0 fully saturated rings. The Morgan fingerprint density at radius 1 is 1.36 bits per heavy atom. The van der Waals surface area contributed by atoms with E-state index in [1.807, 2.05) is 0 Å². The molecule has 0 rings (SSSR count). The number of carbonyl (C=O) groups excluding carboxylic acids is 1. The van der Waals surface area contributed by atoms with E-state index in [0.29, 0.717) is 0 Å². The minimum atomic E-state index is 0.0431. The van der Waals surface area contributed by atoms with Crippen molar-refractivity contribution in [1.29, 1.82) is 0 Å². The highest BCUT2D eigenvalue weighted by molar-refractivity contribution is 5.83. The normalized spacial score (nSPS) is 9.64. The third-order valence-corrected chi connectivity index (χ3v) is 1.59. The predicted molar refractivity (Wildman–Crippen MR) is 47.1 cm³/mol. The number of nitrogens with one attached hydrogen (secondary N) is 1. The zero-order chi connectivity index (χ0) is 8.53. The van der Waals surface area contributed by atoms with Crippen LogP contribution >= 0.6 is 0 Å². The van der Waals surface area contributed by atoms with Crippen LogP contribution in [0.15, 0.2) is 0 Å². The Labute approximate surface area is 69.4 Å². The van der Waals surface area contributed by atoms with Crippen molar-refractivity contribution in [2.75, 3.05) is 6.54 Å². The molecule has 1 radical (unpaired) electrons. The van der Waals surface area contributed by atoms with E-state index in [9.17, 15) is 4.79 Å². The Balaban J connectivity index is 2.95. The molecule has 0 aliphatic heterocycles. The fraction of sp³-hybridized carbons (Fsp3) is 0.778. The predicted octanol–water partition coefficient (Wildman–Crippen LogP) is 1.91. The van der Waals surface area contributed by atoms with Crippen LogP contribution < -0.4 is 5.32 Å². The Kier molecular flexibility index (Phi) is 7.21. The molecule has 0 atom stereocenters. The molecule has 0 saturated carbocycles. The van der Waals surface area contributed by atoms with Gasteiger partial charge in [0, 0.05) is 13.0 Å². The molecule has 0 unspecified atom stereocenters. The molecule has 0 aromatic rings. The maximum absolute atomic E-state index is 10.7. The van der Waals surface area contributed by atoms with Gasteiger partial charge in [0.1, 0.15) is 0 Å². The van der Waals surface area contributed by atoms with Gasteiger partial charge in [-0.3, -0.25) is 4.79 Å². The summed E-state index contributed by atoms with van der Waals surface area (Å²) in [5.74, 6) is 0.0431. The van der Waals surface area contributed by atoms with Crippen LogP contribution in [0.25, 0.3) is 0 Å². The van der Waals surface area contributed by atoms with Crippen molar-refractivity contribution in [3.05, 3.63) is 6.42 Å². The lowest BCUT2D eigenvalue weighted by atomic mass is 10.2. The molecular weight excluding hydrogens is 138 g/mol. The van der Waals surface area contributed by atoms with Crippen molar-refractivity contribution >= 4 is 5.91 Å². The van der Waals surface area contributed by atoms with Crippen molar-refractivity contribution in [3.63, 3.8) is 0 Å². The Morgan fingerprint density at radius 2 is 2.09 bits per heavy atom. The average Bonchev–Trinajstić information content (AvgIpc) is 2.04. The Hall–Kier alpha value is -0.530. The van der Waals surface area contributed by atoms with Gasteiger partial charge in [0.05, 0.1) is 0 Å². The fourth-order valence-corrected chi connectivity index (χ4v) is 0.865. The fourth-order valence-electron chi connectivity index (χ4n) is 0.865. The minimum absolute atomic E-state index is 0.0431. The molecule has 0 aliphatic carbocycles. The van der Waals surface area contributed by atoms with E-state index in [-0.39, 0.29) is 5.91 Å². The highest BCUT2D eigenvalue weighted by atomic mass is 16.1. The van der Waals surface area contributed by atoms with Crippen LogP contribution in [0.1, 0.15) is 39.5 Å². The molecular formula is C9H18NO. The topological polar surface area (TPSA) is 29.1 Å². The Bertz CT molecular complexity index is 102. The maximum atomic E-state index is 10.7. The van der Waals surface area contributed by atoms with E-state index < -0.39 is 0 Å². The van der Waals surface area contributed by atoms with Gasteiger partial charge in [0.2, 0.25) is 5.91 Å². The number of amides is 1.